The van der Waals surface area contributed by atoms with Crippen LogP contribution in [0, 0.1) is 10.8 Å². The predicted octanol–water partition coefficient (Wildman–Crippen LogP) is 3.75. The van der Waals surface area contributed by atoms with Gasteiger partial charge in [0.15, 0.2) is 0 Å². The zero-order chi connectivity index (χ0) is 18.0. The summed E-state index contributed by atoms with van der Waals surface area (Å²) in [5.41, 5.74) is 2.79. The lowest BCUT2D eigenvalue weighted by atomic mass is 9.52. The van der Waals surface area contributed by atoms with E-state index in [2.05, 4.69) is 79.7 Å². The van der Waals surface area contributed by atoms with Crippen LogP contribution in [0.1, 0.15) is 55.4 Å². The fourth-order valence-electron chi connectivity index (χ4n) is 3.83. The van der Waals surface area contributed by atoms with Crippen molar-refractivity contribution in [3.8, 4) is 0 Å². The van der Waals surface area contributed by atoms with Crippen LogP contribution in [-0.2, 0) is 9.31 Å². The fraction of sp³-hybridized carbons (Fsp3) is 0.700. The number of hydrogen-bond donors (Lipinski definition) is 0. The molecule has 2 saturated heterocycles. The molecule has 24 heavy (non-hydrogen) atoms. The Morgan fingerprint density at radius 3 is 1.12 bits per heavy atom. The highest BCUT2D eigenvalue weighted by molar-refractivity contribution is 6.70. The quantitative estimate of drug-likeness (QED) is 0.771. The Morgan fingerprint density at radius 1 is 0.625 bits per heavy atom. The van der Waals surface area contributed by atoms with Gasteiger partial charge in [0.05, 0.1) is 11.2 Å². The first-order valence-electron chi connectivity index (χ1n) is 9.30. The number of hydrogen-bond acceptors (Lipinski definition) is 2. The summed E-state index contributed by atoms with van der Waals surface area (Å²) in [5.74, 6) is 0. The summed E-state index contributed by atoms with van der Waals surface area (Å²) in [6, 6.07) is 8.94. The molecule has 2 heterocycles. The molecule has 0 bridgehead atoms. The zero-order valence-corrected chi connectivity index (χ0v) is 16.7. The molecular formula is C20H32B2O2. The minimum Gasteiger partial charge on any atom is -0.426 e. The number of rotatable bonds is 2. The van der Waals surface area contributed by atoms with Gasteiger partial charge in [0, 0.05) is 0 Å². The van der Waals surface area contributed by atoms with Gasteiger partial charge >= 0.3 is 13.8 Å². The van der Waals surface area contributed by atoms with Gasteiger partial charge in [0.25, 0.3) is 0 Å². The SMILES string of the molecule is CC1(C)CB(c2ccc(B3CC(C)(C)C(C)(C)O3)cc2)OC1(C)C. The Bertz CT molecular complexity index is 530. The highest BCUT2D eigenvalue weighted by atomic mass is 16.5. The van der Waals surface area contributed by atoms with E-state index in [1.165, 1.54) is 10.9 Å². The Hall–Kier alpha value is -0.730. The van der Waals surface area contributed by atoms with Crippen LogP contribution >= 0.6 is 0 Å². The van der Waals surface area contributed by atoms with Crippen molar-refractivity contribution in [3.05, 3.63) is 24.3 Å². The molecular weight excluding hydrogens is 294 g/mol. The van der Waals surface area contributed by atoms with E-state index in [0.717, 1.165) is 12.6 Å². The molecule has 0 aromatic heterocycles. The molecule has 2 fully saturated rings. The largest absolute Gasteiger partial charge is 0.426 e. The predicted molar refractivity (Wildman–Crippen MR) is 105 cm³/mol. The summed E-state index contributed by atoms with van der Waals surface area (Å²) < 4.78 is 12.7. The van der Waals surface area contributed by atoms with Crippen molar-refractivity contribution in [1.29, 1.82) is 0 Å². The third-order valence-electron chi connectivity index (χ3n) is 7.20. The maximum Gasteiger partial charge on any atom is 0.327 e. The Kier molecular flexibility index (Phi) is 4.05. The van der Waals surface area contributed by atoms with Crippen LogP contribution < -0.4 is 10.9 Å². The van der Waals surface area contributed by atoms with Gasteiger partial charge in [-0.05, 0) is 62.1 Å². The van der Waals surface area contributed by atoms with Gasteiger partial charge in [-0.3, -0.25) is 0 Å². The minimum atomic E-state index is -0.0844. The van der Waals surface area contributed by atoms with E-state index in [-0.39, 0.29) is 35.9 Å². The standard InChI is InChI=1S/C20H32B2O2/c1-17(2)13-21(23-19(17,5)6)15-9-11-16(12-10-15)22-14-18(3,4)20(7,8)24-22/h9-12H,13-14H2,1-8H3. The van der Waals surface area contributed by atoms with Crippen LogP contribution in [0.2, 0.25) is 12.6 Å². The van der Waals surface area contributed by atoms with Gasteiger partial charge < -0.3 is 9.31 Å². The molecule has 3 rings (SSSR count). The molecule has 0 saturated carbocycles. The van der Waals surface area contributed by atoms with Crippen molar-refractivity contribution in [1.82, 2.24) is 0 Å². The van der Waals surface area contributed by atoms with Gasteiger partial charge in [-0.1, -0.05) is 52.0 Å². The second-order valence-corrected chi connectivity index (χ2v) is 10.1. The zero-order valence-electron chi connectivity index (χ0n) is 16.7. The smallest absolute Gasteiger partial charge is 0.327 e. The molecule has 0 N–H and O–H groups in total. The highest BCUT2D eigenvalue weighted by Gasteiger charge is 2.51. The first-order valence-corrected chi connectivity index (χ1v) is 9.30. The molecule has 0 unspecified atom stereocenters. The fourth-order valence-corrected chi connectivity index (χ4v) is 3.83. The number of benzene rings is 1. The second-order valence-electron chi connectivity index (χ2n) is 10.1. The Morgan fingerprint density at radius 2 is 0.917 bits per heavy atom. The van der Waals surface area contributed by atoms with E-state index >= 15 is 0 Å². The van der Waals surface area contributed by atoms with Gasteiger partial charge in [-0.2, -0.15) is 0 Å². The maximum atomic E-state index is 6.35. The summed E-state index contributed by atoms with van der Waals surface area (Å²) >= 11 is 0. The molecule has 130 valence electrons. The molecule has 1 aromatic carbocycles. The third-order valence-corrected chi connectivity index (χ3v) is 7.20. The average molecular weight is 326 g/mol. The lowest BCUT2D eigenvalue weighted by Crippen LogP contribution is -2.38. The van der Waals surface area contributed by atoms with Gasteiger partial charge in [0.2, 0.25) is 0 Å². The van der Waals surface area contributed by atoms with Crippen molar-refractivity contribution in [3.63, 3.8) is 0 Å². The van der Waals surface area contributed by atoms with E-state index < -0.39 is 0 Å². The van der Waals surface area contributed by atoms with Gasteiger partial charge in [0.1, 0.15) is 0 Å². The summed E-state index contributed by atoms with van der Waals surface area (Å²) in [6.07, 6.45) is 2.14. The van der Waals surface area contributed by atoms with Crippen LogP contribution in [0.25, 0.3) is 0 Å². The van der Waals surface area contributed by atoms with E-state index in [4.69, 9.17) is 9.31 Å². The van der Waals surface area contributed by atoms with Crippen molar-refractivity contribution < 1.29 is 9.31 Å². The summed E-state index contributed by atoms with van der Waals surface area (Å²) in [4.78, 5) is 0. The Labute approximate surface area is 148 Å². The average Bonchev–Trinajstić information content (AvgIpc) is 2.79. The molecule has 2 aliphatic heterocycles. The summed E-state index contributed by atoms with van der Waals surface area (Å²) in [5, 5.41) is 0. The van der Waals surface area contributed by atoms with E-state index in [9.17, 15) is 0 Å². The Balaban J connectivity index is 1.76. The molecule has 0 spiro atoms. The molecule has 0 atom stereocenters. The topological polar surface area (TPSA) is 18.5 Å². The molecule has 0 amide bonds. The monoisotopic (exact) mass is 326 g/mol. The minimum absolute atomic E-state index is 0.0844. The summed E-state index contributed by atoms with van der Waals surface area (Å²) in [7, 11) is 0. The van der Waals surface area contributed by atoms with Gasteiger partial charge in [-0.15, -0.1) is 0 Å². The molecule has 2 nitrogen and oxygen atoms in total. The first kappa shape index (κ1) is 18.1. The molecule has 1 aromatic rings. The first-order chi connectivity index (χ1) is 10.8. The second kappa shape index (κ2) is 5.38. The highest BCUT2D eigenvalue weighted by Crippen LogP contribution is 2.46. The molecule has 4 heteroatoms. The van der Waals surface area contributed by atoms with Gasteiger partial charge in [-0.25, -0.2) is 0 Å². The van der Waals surface area contributed by atoms with Crippen LogP contribution in [-0.4, -0.2) is 25.0 Å². The summed E-state index contributed by atoms with van der Waals surface area (Å²) in [6.45, 7) is 18.4. The van der Waals surface area contributed by atoms with Crippen LogP contribution in [0.3, 0.4) is 0 Å². The van der Waals surface area contributed by atoms with E-state index in [1.807, 2.05) is 0 Å². The third kappa shape index (κ3) is 2.86. The van der Waals surface area contributed by atoms with E-state index in [1.54, 1.807) is 0 Å². The molecule has 0 aliphatic carbocycles. The van der Waals surface area contributed by atoms with Crippen molar-refractivity contribution in [2.24, 2.45) is 10.8 Å². The van der Waals surface area contributed by atoms with E-state index in [0.29, 0.717) is 0 Å². The van der Waals surface area contributed by atoms with Crippen LogP contribution in [0.15, 0.2) is 24.3 Å². The molecule has 2 aliphatic rings. The lowest BCUT2D eigenvalue weighted by molar-refractivity contribution is 0.0373. The van der Waals surface area contributed by atoms with Crippen LogP contribution in [0.4, 0.5) is 0 Å². The lowest BCUT2D eigenvalue weighted by Gasteiger charge is -2.34. The molecule has 0 radical (unpaired) electrons. The maximum absolute atomic E-state index is 6.35. The van der Waals surface area contributed by atoms with Crippen molar-refractivity contribution in [2.75, 3.05) is 0 Å². The van der Waals surface area contributed by atoms with Crippen LogP contribution in [0.5, 0.6) is 0 Å². The van der Waals surface area contributed by atoms with Crippen molar-refractivity contribution in [2.45, 2.75) is 79.2 Å². The van der Waals surface area contributed by atoms with Crippen molar-refractivity contribution >= 4 is 24.8 Å². The normalized spacial score (nSPS) is 26.8.